The van der Waals surface area contributed by atoms with E-state index in [-0.39, 0.29) is 38.4 Å². The zero-order valence-electron chi connectivity index (χ0n) is 35.7. The lowest BCUT2D eigenvalue weighted by molar-refractivity contribution is -0.0170. The molecule has 2 aromatic carbocycles. The molecule has 3 fully saturated rings. The highest BCUT2D eigenvalue weighted by molar-refractivity contribution is 7.90. The summed E-state index contributed by atoms with van der Waals surface area (Å²) in [6.07, 6.45) is 10.3. The highest BCUT2D eigenvalue weighted by atomic mass is 35.5. The van der Waals surface area contributed by atoms with Gasteiger partial charge in [0.2, 0.25) is 0 Å². The van der Waals surface area contributed by atoms with Crippen molar-refractivity contribution in [2.24, 2.45) is 23.2 Å². The summed E-state index contributed by atoms with van der Waals surface area (Å²) in [5.41, 5.74) is 8.06. The van der Waals surface area contributed by atoms with Crippen molar-refractivity contribution in [1.29, 1.82) is 0 Å². The van der Waals surface area contributed by atoms with Gasteiger partial charge >= 0.3 is 0 Å². The largest absolute Gasteiger partial charge is 0.455 e. The number of nitrogens with zero attached hydrogens (tertiary/aromatic N) is 4. The first-order chi connectivity index (χ1) is 30.1. The molecule has 4 atom stereocenters. The maximum Gasteiger partial charge on any atom is 0.268 e. The number of carbonyl (C=O) groups is 1. The predicted molar refractivity (Wildman–Crippen MR) is 246 cm³/mol. The molecule has 5 aromatic rings. The molecule has 3 aromatic heterocycles. The Labute approximate surface area is 378 Å². The molecular formula is C47H53Cl2N7O6S. The van der Waals surface area contributed by atoms with Crippen LogP contribution in [0.25, 0.3) is 16.6 Å². The van der Waals surface area contributed by atoms with Crippen molar-refractivity contribution >= 4 is 67.2 Å². The topological polar surface area (TPSA) is 162 Å². The molecule has 0 spiro atoms. The Balaban J connectivity index is 0.885. The van der Waals surface area contributed by atoms with E-state index >= 15 is 0 Å². The number of benzene rings is 2. The Bertz CT molecular complexity index is 2660. The van der Waals surface area contributed by atoms with Gasteiger partial charge in [0.1, 0.15) is 22.0 Å². The summed E-state index contributed by atoms with van der Waals surface area (Å²) in [6, 6.07) is 18.3. The summed E-state index contributed by atoms with van der Waals surface area (Å²) >= 11 is 12.7. The zero-order valence-corrected chi connectivity index (χ0v) is 38.0. The van der Waals surface area contributed by atoms with Gasteiger partial charge in [0.25, 0.3) is 15.9 Å². The predicted octanol–water partition coefficient (Wildman–Crippen LogP) is 9.10. The second-order valence-corrected chi connectivity index (χ2v) is 21.2. The summed E-state index contributed by atoms with van der Waals surface area (Å²) in [6.45, 7) is 11.1. The number of H-pyrrole nitrogens is 1. The molecule has 4 heterocycles. The Morgan fingerprint density at radius 2 is 1.78 bits per heavy atom. The number of amides is 1. The van der Waals surface area contributed by atoms with Crippen LogP contribution in [0.3, 0.4) is 0 Å². The molecule has 4 N–H and O–H groups in total. The number of hydrogen-bond donors (Lipinski definition) is 4. The summed E-state index contributed by atoms with van der Waals surface area (Å²) in [5, 5.41) is 12.1. The number of fused-ring (bicyclic) bond motifs is 3. The molecule has 2 bridgehead atoms. The first-order valence-corrected chi connectivity index (χ1v) is 23.9. The minimum Gasteiger partial charge on any atom is -0.455 e. The average Bonchev–Trinajstić information content (AvgIpc) is 3.96. The Morgan fingerprint density at radius 3 is 2.51 bits per heavy atom. The SMILES string of the molecule is CC1(C)CCC(CN2CCN(c3ccc(C(=O)NS(=O)(=O)c4cnc(NOCC5C[C@H]6C[C@@H]5C[C@]6(C)O)c(Cl)c4)c(Oc4cnc5[nH]ccc5c4)c3)CC2)=C(c2ccc(Cl)cc2)C1. The molecular weight excluding hydrogens is 862 g/mol. The van der Waals surface area contributed by atoms with Gasteiger partial charge in [0.15, 0.2) is 5.82 Å². The number of anilines is 2. The molecule has 1 amide bonds. The Kier molecular flexibility index (Phi) is 12.0. The Hall–Kier alpha value is -4.70. The minimum absolute atomic E-state index is 0.00346. The maximum atomic E-state index is 13.9. The van der Waals surface area contributed by atoms with Gasteiger partial charge < -0.3 is 19.7 Å². The van der Waals surface area contributed by atoms with Crippen molar-refractivity contribution in [3.8, 4) is 11.5 Å². The van der Waals surface area contributed by atoms with Crippen LogP contribution in [0, 0.1) is 23.2 Å². The van der Waals surface area contributed by atoms with Gasteiger partial charge in [-0.2, -0.15) is 0 Å². The first-order valence-electron chi connectivity index (χ1n) is 21.6. The molecule has 13 nitrogen and oxygen atoms in total. The van der Waals surface area contributed by atoms with Gasteiger partial charge in [-0.3, -0.25) is 14.5 Å². The van der Waals surface area contributed by atoms with Gasteiger partial charge in [-0.05, 0) is 122 Å². The molecule has 1 saturated heterocycles. The molecule has 1 unspecified atom stereocenters. The van der Waals surface area contributed by atoms with E-state index in [0.29, 0.717) is 29.8 Å². The number of sulfonamides is 1. The smallest absolute Gasteiger partial charge is 0.268 e. The van der Waals surface area contributed by atoms with Crippen LogP contribution in [0.5, 0.6) is 11.5 Å². The van der Waals surface area contributed by atoms with E-state index in [2.05, 4.69) is 60.9 Å². The third kappa shape index (κ3) is 9.57. The van der Waals surface area contributed by atoms with Crippen LogP contribution >= 0.6 is 23.2 Å². The number of allylic oxidation sites excluding steroid dienone is 1. The molecule has 63 heavy (non-hydrogen) atoms. The van der Waals surface area contributed by atoms with Crippen LogP contribution < -0.4 is 19.8 Å². The molecule has 2 saturated carbocycles. The highest BCUT2D eigenvalue weighted by Gasteiger charge is 2.51. The lowest BCUT2D eigenvalue weighted by Gasteiger charge is -2.39. The van der Waals surface area contributed by atoms with Gasteiger partial charge in [-0.15, -0.1) is 0 Å². The third-order valence-corrected chi connectivity index (χ3v) is 15.4. The van der Waals surface area contributed by atoms with E-state index in [1.165, 1.54) is 22.8 Å². The van der Waals surface area contributed by atoms with Crippen molar-refractivity contribution in [2.75, 3.05) is 49.7 Å². The van der Waals surface area contributed by atoms with E-state index in [4.69, 9.17) is 32.8 Å². The number of rotatable bonds is 13. The van der Waals surface area contributed by atoms with Crippen LogP contribution in [-0.2, 0) is 14.9 Å². The lowest BCUT2D eigenvalue weighted by Crippen LogP contribution is -2.47. The van der Waals surface area contributed by atoms with E-state index in [1.807, 2.05) is 31.2 Å². The van der Waals surface area contributed by atoms with Crippen molar-refractivity contribution in [2.45, 2.75) is 69.8 Å². The number of ether oxygens (including phenoxy) is 1. The van der Waals surface area contributed by atoms with Crippen molar-refractivity contribution in [3.05, 3.63) is 106 Å². The minimum atomic E-state index is -4.42. The van der Waals surface area contributed by atoms with Crippen LogP contribution in [0.15, 0.2) is 89.7 Å². The van der Waals surface area contributed by atoms with Gasteiger partial charge in [0, 0.05) is 67.3 Å². The molecule has 1 aliphatic heterocycles. The zero-order chi connectivity index (χ0) is 44.1. The maximum absolute atomic E-state index is 13.9. The van der Waals surface area contributed by atoms with E-state index in [9.17, 15) is 18.3 Å². The van der Waals surface area contributed by atoms with Crippen LogP contribution in [0.4, 0.5) is 11.5 Å². The summed E-state index contributed by atoms with van der Waals surface area (Å²) < 4.78 is 35.8. The average molecular weight is 915 g/mol. The number of pyridine rings is 2. The fourth-order valence-corrected chi connectivity index (χ4v) is 11.3. The van der Waals surface area contributed by atoms with Gasteiger partial charge in [-0.25, -0.2) is 28.6 Å². The van der Waals surface area contributed by atoms with Crippen molar-refractivity contribution in [3.63, 3.8) is 0 Å². The molecule has 3 aliphatic carbocycles. The van der Waals surface area contributed by atoms with Crippen molar-refractivity contribution in [1.82, 2.24) is 24.6 Å². The third-order valence-electron chi connectivity index (χ3n) is 13.6. The number of halogens is 2. The van der Waals surface area contributed by atoms with Crippen LogP contribution in [0.1, 0.15) is 75.2 Å². The molecule has 4 aliphatic rings. The molecule has 332 valence electrons. The standard InChI is InChI=1S/C47H53Cl2N7O6S/c1-46(2)12-10-31(40(24-46)29-4-6-35(48)7-5-29)27-55-14-16-56(17-15-55)36-8-9-39(42(21-36)62-37-20-30-11-13-50-43(30)51-25-37)45(57)54-63(59,60)38-22-41(49)44(52-26-38)53-61-28-33-19-34-18-32(33)23-47(34,3)58/h4-9,11,13,20-22,25-26,32-34,58H,10,12,14-19,23-24,27-28H2,1-3H3,(H,50,51)(H,52,53)(H,54,57)/t32-,33?,34-,47+/m1/s1. The van der Waals surface area contributed by atoms with E-state index in [0.717, 1.165) is 93.5 Å². The lowest BCUT2D eigenvalue weighted by atomic mass is 9.72. The van der Waals surface area contributed by atoms with Gasteiger partial charge in [0.05, 0.1) is 29.0 Å². The number of piperazine rings is 1. The first kappa shape index (κ1) is 43.5. The summed E-state index contributed by atoms with van der Waals surface area (Å²) in [4.78, 5) is 35.8. The second kappa shape index (κ2) is 17.4. The monoisotopic (exact) mass is 913 g/mol. The van der Waals surface area contributed by atoms with E-state index < -0.39 is 21.5 Å². The number of aromatic amines is 1. The number of aromatic nitrogens is 3. The van der Waals surface area contributed by atoms with Crippen LogP contribution in [0.2, 0.25) is 10.0 Å². The van der Waals surface area contributed by atoms with Crippen molar-refractivity contribution < 1.29 is 27.9 Å². The molecule has 16 heteroatoms. The molecule has 9 rings (SSSR count). The fraction of sp³-hybridized carbons (Fsp3) is 0.426. The van der Waals surface area contributed by atoms with Gasteiger partial charge in [-0.1, -0.05) is 54.8 Å². The summed E-state index contributed by atoms with van der Waals surface area (Å²) in [5.74, 6) is 0.782. The van der Waals surface area contributed by atoms with Crippen LogP contribution in [-0.4, -0.2) is 84.2 Å². The van der Waals surface area contributed by atoms with E-state index in [1.54, 1.807) is 30.6 Å². The number of aliphatic hydroxyl groups is 1. The normalized spacial score (nSPS) is 23.7. The second-order valence-electron chi connectivity index (χ2n) is 18.7. The Morgan fingerprint density at radius 1 is 0.984 bits per heavy atom. The number of nitrogens with one attached hydrogen (secondary N) is 3. The number of hydrogen-bond acceptors (Lipinski definition) is 11. The quantitative estimate of drug-likeness (QED) is 0.0834. The number of carbonyl (C=O) groups excluding carboxylic acids is 1. The highest BCUT2D eigenvalue weighted by Crippen LogP contribution is 2.53. The fourth-order valence-electron chi connectivity index (χ4n) is 9.95. The molecule has 0 radical (unpaired) electrons. The summed E-state index contributed by atoms with van der Waals surface area (Å²) in [7, 11) is -4.42.